The highest BCUT2D eigenvalue weighted by Crippen LogP contribution is 2.26. The van der Waals surface area contributed by atoms with Gasteiger partial charge in [-0.1, -0.05) is 66.2 Å². The second-order valence-electron chi connectivity index (χ2n) is 7.21. The highest BCUT2D eigenvalue weighted by molar-refractivity contribution is 7.92. The fraction of sp³-hybridized carbons (Fsp3) is 0.167. The van der Waals surface area contributed by atoms with Gasteiger partial charge in [0.05, 0.1) is 16.3 Å². The summed E-state index contributed by atoms with van der Waals surface area (Å²) in [5.41, 5.74) is 6.11. The van der Waals surface area contributed by atoms with E-state index in [4.69, 9.17) is 0 Å². The van der Waals surface area contributed by atoms with Crippen LogP contribution >= 0.6 is 0 Å². The smallest absolute Gasteiger partial charge is 0.264 e. The molecule has 0 bridgehead atoms. The van der Waals surface area contributed by atoms with Crippen LogP contribution in [0.3, 0.4) is 0 Å². The van der Waals surface area contributed by atoms with Crippen molar-refractivity contribution in [1.82, 2.24) is 5.43 Å². The van der Waals surface area contributed by atoms with E-state index in [-0.39, 0.29) is 4.90 Å². The topological polar surface area (TPSA) is 78.8 Å². The van der Waals surface area contributed by atoms with Gasteiger partial charge in [-0.3, -0.25) is 9.10 Å². The predicted molar refractivity (Wildman–Crippen MR) is 124 cm³/mol. The van der Waals surface area contributed by atoms with E-state index in [9.17, 15) is 13.2 Å². The molecule has 0 aliphatic rings. The zero-order valence-corrected chi connectivity index (χ0v) is 18.6. The van der Waals surface area contributed by atoms with E-state index >= 15 is 0 Å². The number of aryl methyl sites for hydroxylation is 2. The number of hydrazone groups is 1. The standard InChI is InChI=1S/C24H25N3O3S/c1-18-13-15-22(16-14-18)31(29,30)27(23-12-8-7-9-19(23)2)17-24(28)26-25-20(3)21-10-5-4-6-11-21/h4-16H,17H2,1-3H3,(H,26,28)/b25-20+. The Kier molecular flexibility index (Phi) is 6.87. The number of rotatable bonds is 7. The van der Waals surface area contributed by atoms with E-state index in [1.165, 1.54) is 0 Å². The molecule has 3 aromatic rings. The molecule has 3 aromatic carbocycles. The van der Waals surface area contributed by atoms with E-state index in [1.54, 1.807) is 43.3 Å². The lowest BCUT2D eigenvalue weighted by Gasteiger charge is -2.25. The van der Waals surface area contributed by atoms with Crippen molar-refractivity contribution in [2.75, 3.05) is 10.8 Å². The van der Waals surface area contributed by atoms with Gasteiger partial charge in [-0.25, -0.2) is 13.8 Å². The largest absolute Gasteiger partial charge is 0.271 e. The van der Waals surface area contributed by atoms with Gasteiger partial charge in [-0.05, 0) is 50.1 Å². The minimum Gasteiger partial charge on any atom is -0.271 e. The third kappa shape index (κ3) is 5.38. The molecule has 0 spiro atoms. The number of hydrogen-bond acceptors (Lipinski definition) is 4. The number of hydrogen-bond donors (Lipinski definition) is 1. The molecule has 0 unspecified atom stereocenters. The summed E-state index contributed by atoms with van der Waals surface area (Å²) in [6.07, 6.45) is 0. The molecule has 7 heteroatoms. The van der Waals surface area contributed by atoms with Crippen molar-refractivity contribution in [2.24, 2.45) is 5.10 Å². The van der Waals surface area contributed by atoms with E-state index in [2.05, 4.69) is 10.5 Å². The van der Waals surface area contributed by atoms with Gasteiger partial charge >= 0.3 is 0 Å². The Bertz CT molecular complexity index is 1190. The Hall–Kier alpha value is -3.45. The van der Waals surface area contributed by atoms with Crippen molar-refractivity contribution in [2.45, 2.75) is 25.7 Å². The van der Waals surface area contributed by atoms with Gasteiger partial charge in [0, 0.05) is 0 Å². The summed E-state index contributed by atoms with van der Waals surface area (Å²) in [7, 11) is -3.96. The second kappa shape index (κ2) is 9.57. The first-order valence-corrected chi connectivity index (χ1v) is 11.3. The molecule has 0 aliphatic carbocycles. The average molecular weight is 436 g/mol. The molecule has 31 heavy (non-hydrogen) atoms. The first kappa shape index (κ1) is 22.2. The van der Waals surface area contributed by atoms with Crippen LogP contribution < -0.4 is 9.73 Å². The lowest BCUT2D eigenvalue weighted by molar-refractivity contribution is -0.119. The van der Waals surface area contributed by atoms with E-state index < -0.39 is 22.5 Å². The molecular formula is C24H25N3O3S. The molecule has 0 atom stereocenters. The highest BCUT2D eigenvalue weighted by atomic mass is 32.2. The number of nitrogens with one attached hydrogen (secondary N) is 1. The van der Waals surface area contributed by atoms with Crippen molar-refractivity contribution in [1.29, 1.82) is 0 Å². The van der Waals surface area contributed by atoms with Crippen LogP contribution in [0.25, 0.3) is 0 Å². The zero-order chi connectivity index (χ0) is 22.4. The third-order valence-electron chi connectivity index (χ3n) is 4.82. The lowest BCUT2D eigenvalue weighted by Crippen LogP contribution is -2.40. The molecule has 1 N–H and O–H groups in total. The van der Waals surface area contributed by atoms with Crippen LogP contribution in [-0.2, 0) is 14.8 Å². The van der Waals surface area contributed by atoms with Gasteiger partial charge in [-0.2, -0.15) is 5.10 Å². The fourth-order valence-corrected chi connectivity index (χ4v) is 4.52. The normalized spacial score (nSPS) is 11.8. The first-order chi connectivity index (χ1) is 14.8. The minimum absolute atomic E-state index is 0.123. The van der Waals surface area contributed by atoms with Crippen LogP contribution in [0.15, 0.2) is 88.9 Å². The Morgan fingerprint density at radius 2 is 1.52 bits per heavy atom. The van der Waals surface area contributed by atoms with Crippen molar-refractivity contribution in [3.8, 4) is 0 Å². The van der Waals surface area contributed by atoms with Gasteiger partial charge < -0.3 is 0 Å². The SMILES string of the molecule is C/C(=N\NC(=O)CN(c1ccccc1C)S(=O)(=O)c1ccc(C)cc1)c1ccccc1. The molecule has 0 heterocycles. The van der Waals surface area contributed by atoms with Crippen LogP contribution in [0.4, 0.5) is 5.69 Å². The zero-order valence-electron chi connectivity index (χ0n) is 17.7. The molecule has 0 saturated heterocycles. The van der Waals surface area contributed by atoms with Crippen LogP contribution in [0.2, 0.25) is 0 Å². The molecule has 3 rings (SSSR count). The van der Waals surface area contributed by atoms with Gasteiger partial charge in [-0.15, -0.1) is 0 Å². The maximum atomic E-state index is 13.4. The number of sulfonamides is 1. The Labute approximate surface area is 183 Å². The summed E-state index contributed by atoms with van der Waals surface area (Å²) in [5, 5.41) is 4.13. The maximum absolute atomic E-state index is 13.4. The summed E-state index contributed by atoms with van der Waals surface area (Å²) in [6.45, 7) is 5.07. The number of benzene rings is 3. The van der Waals surface area contributed by atoms with Crippen molar-refractivity contribution in [3.05, 3.63) is 95.6 Å². The van der Waals surface area contributed by atoms with Crippen LogP contribution in [-0.4, -0.2) is 26.6 Å². The Balaban J connectivity index is 1.90. The van der Waals surface area contributed by atoms with Crippen LogP contribution in [0, 0.1) is 13.8 Å². The second-order valence-corrected chi connectivity index (χ2v) is 9.07. The summed E-state index contributed by atoms with van der Waals surface area (Å²) in [5.74, 6) is -0.533. The quantitative estimate of drug-likeness (QED) is 0.449. The maximum Gasteiger partial charge on any atom is 0.264 e. The fourth-order valence-electron chi connectivity index (χ4n) is 3.04. The molecule has 0 saturated carbocycles. The van der Waals surface area contributed by atoms with Crippen molar-refractivity contribution < 1.29 is 13.2 Å². The van der Waals surface area contributed by atoms with Crippen LogP contribution in [0.5, 0.6) is 0 Å². The Morgan fingerprint density at radius 3 is 2.16 bits per heavy atom. The summed E-state index contributed by atoms with van der Waals surface area (Å²) in [6, 6.07) is 23.0. The molecule has 0 aliphatic heterocycles. The van der Waals surface area contributed by atoms with Gasteiger partial charge in [0.2, 0.25) is 0 Å². The predicted octanol–water partition coefficient (Wildman–Crippen LogP) is 4.04. The molecule has 160 valence electrons. The number of anilines is 1. The molecule has 6 nitrogen and oxygen atoms in total. The number of nitrogens with zero attached hydrogens (tertiary/aromatic N) is 2. The number of carbonyl (C=O) groups is 1. The first-order valence-electron chi connectivity index (χ1n) is 9.82. The molecule has 0 fully saturated rings. The third-order valence-corrected chi connectivity index (χ3v) is 6.59. The molecule has 0 aromatic heterocycles. The minimum atomic E-state index is -3.96. The number of amides is 1. The van der Waals surface area contributed by atoms with E-state index in [0.717, 1.165) is 21.0 Å². The van der Waals surface area contributed by atoms with Crippen molar-refractivity contribution in [3.63, 3.8) is 0 Å². The molecular weight excluding hydrogens is 410 g/mol. The van der Waals surface area contributed by atoms with Gasteiger partial charge in [0.15, 0.2) is 0 Å². The Morgan fingerprint density at radius 1 is 0.903 bits per heavy atom. The summed E-state index contributed by atoms with van der Waals surface area (Å²) >= 11 is 0. The highest BCUT2D eigenvalue weighted by Gasteiger charge is 2.28. The van der Waals surface area contributed by atoms with Gasteiger partial charge in [0.1, 0.15) is 6.54 Å². The number of carbonyl (C=O) groups excluding carboxylic acids is 1. The number of para-hydroxylation sites is 1. The van der Waals surface area contributed by atoms with E-state index in [1.807, 2.05) is 56.3 Å². The lowest BCUT2D eigenvalue weighted by atomic mass is 10.1. The van der Waals surface area contributed by atoms with Crippen LogP contribution in [0.1, 0.15) is 23.6 Å². The van der Waals surface area contributed by atoms with Crippen molar-refractivity contribution >= 4 is 27.3 Å². The van der Waals surface area contributed by atoms with Gasteiger partial charge in [0.25, 0.3) is 15.9 Å². The molecule has 0 radical (unpaired) electrons. The monoisotopic (exact) mass is 435 g/mol. The summed E-state index contributed by atoms with van der Waals surface area (Å²) in [4.78, 5) is 12.8. The summed E-state index contributed by atoms with van der Waals surface area (Å²) < 4.78 is 27.9. The average Bonchev–Trinajstić information content (AvgIpc) is 2.77. The molecule has 1 amide bonds. The van der Waals surface area contributed by atoms with E-state index in [0.29, 0.717) is 11.4 Å².